The Morgan fingerprint density at radius 3 is 2.83 bits per heavy atom. The van der Waals surface area contributed by atoms with Crippen molar-refractivity contribution in [2.45, 2.75) is 37.6 Å². The van der Waals surface area contributed by atoms with Crippen LogP contribution in [0, 0.1) is 13.8 Å². The Bertz CT molecular complexity index is 773. The fourth-order valence-corrected chi connectivity index (χ4v) is 2.99. The third-order valence-corrected chi connectivity index (χ3v) is 4.77. The third kappa shape index (κ3) is 4.35. The molecule has 2 aromatic rings. The van der Waals surface area contributed by atoms with E-state index in [1.54, 1.807) is 0 Å². The Morgan fingerprint density at radius 1 is 1.43 bits per heavy atom. The second-order valence-electron chi connectivity index (χ2n) is 5.23. The second-order valence-corrected chi connectivity index (χ2v) is 6.42. The van der Waals surface area contributed by atoms with Gasteiger partial charge in [0.1, 0.15) is 5.82 Å². The Balaban J connectivity index is 2.15. The molecule has 4 N–H and O–H groups in total. The van der Waals surface area contributed by atoms with Crippen molar-refractivity contribution in [2.75, 3.05) is 11.1 Å². The maximum absolute atomic E-state index is 12.5. The molecule has 1 atom stereocenters. The van der Waals surface area contributed by atoms with Crippen LogP contribution in [0.3, 0.4) is 0 Å². The van der Waals surface area contributed by atoms with Gasteiger partial charge in [-0.25, -0.2) is 4.98 Å². The van der Waals surface area contributed by atoms with Gasteiger partial charge in [0, 0.05) is 11.8 Å². The molecule has 0 fully saturated rings. The monoisotopic (exact) mass is 332 g/mol. The molecular formula is C16H20N4O2S. The minimum absolute atomic E-state index is 0.128. The van der Waals surface area contributed by atoms with Crippen LogP contribution in [0.2, 0.25) is 0 Å². The Labute approximate surface area is 138 Å². The first-order valence-electron chi connectivity index (χ1n) is 7.31. The number of carbonyl (C=O) groups excluding carboxylic acids is 1. The quantitative estimate of drug-likeness (QED) is 0.577. The summed E-state index contributed by atoms with van der Waals surface area (Å²) in [5.41, 5.74) is 8.19. The van der Waals surface area contributed by atoms with Gasteiger partial charge >= 0.3 is 0 Å². The van der Waals surface area contributed by atoms with E-state index < -0.39 is 0 Å². The fourth-order valence-electron chi connectivity index (χ4n) is 2.07. The zero-order valence-electron chi connectivity index (χ0n) is 13.3. The molecule has 0 aliphatic carbocycles. The highest BCUT2D eigenvalue weighted by Gasteiger charge is 2.20. The van der Waals surface area contributed by atoms with Crippen molar-refractivity contribution in [3.05, 3.63) is 45.7 Å². The van der Waals surface area contributed by atoms with Crippen molar-refractivity contribution in [3.8, 4) is 0 Å². The van der Waals surface area contributed by atoms with E-state index in [0.29, 0.717) is 11.6 Å². The van der Waals surface area contributed by atoms with E-state index in [2.05, 4.69) is 15.3 Å². The summed E-state index contributed by atoms with van der Waals surface area (Å²) in [5.74, 6) is 0.0114. The van der Waals surface area contributed by atoms with Gasteiger partial charge in [-0.15, -0.1) is 0 Å². The van der Waals surface area contributed by atoms with Gasteiger partial charge in [0.25, 0.3) is 5.56 Å². The molecule has 0 saturated carbocycles. The van der Waals surface area contributed by atoms with Gasteiger partial charge in [0.05, 0.1) is 5.25 Å². The number of nitrogens with zero attached hydrogens (tertiary/aromatic N) is 1. The highest BCUT2D eigenvalue weighted by molar-refractivity contribution is 8.00. The molecule has 1 heterocycles. The van der Waals surface area contributed by atoms with Crippen LogP contribution in [0.5, 0.6) is 0 Å². The lowest BCUT2D eigenvalue weighted by Gasteiger charge is -2.16. The lowest BCUT2D eigenvalue weighted by molar-refractivity contribution is -0.115. The molecule has 0 saturated heterocycles. The number of H-pyrrole nitrogens is 1. The number of benzene rings is 1. The standard InChI is InChI=1S/C16H20N4O2S/c1-4-12(23-16-19-13(17)8-14(21)20-16)15(22)18-11-7-5-6-9(2)10(11)3/h5-8,12H,4H2,1-3H3,(H,18,22)(H3,17,19,20,21). The molecule has 7 heteroatoms. The summed E-state index contributed by atoms with van der Waals surface area (Å²) in [5, 5.41) is 2.91. The van der Waals surface area contributed by atoms with Crippen LogP contribution >= 0.6 is 11.8 Å². The van der Waals surface area contributed by atoms with Crippen LogP contribution in [0.4, 0.5) is 11.5 Å². The number of thioether (sulfide) groups is 1. The van der Waals surface area contributed by atoms with Crippen LogP contribution < -0.4 is 16.6 Å². The first-order chi connectivity index (χ1) is 10.9. The van der Waals surface area contributed by atoms with Crippen molar-refractivity contribution in [3.63, 3.8) is 0 Å². The normalized spacial score (nSPS) is 12.0. The number of aromatic nitrogens is 2. The first kappa shape index (κ1) is 17.1. The number of aryl methyl sites for hydroxylation is 1. The summed E-state index contributed by atoms with van der Waals surface area (Å²) in [6.45, 7) is 5.87. The van der Waals surface area contributed by atoms with Crippen LogP contribution in [-0.2, 0) is 4.79 Å². The molecule has 1 amide bonds. The topological polar surface area (TPSA) is 101 Å². The van der Waals surface area contributed by atoms with Crippen molar-refractivity contribution in [1.82, 2.24) is 9.97 Å². The molecule has 122 valence electrons. The molecule has 1 aromatic heterocycles. The highest BCUT2D eigenvalue weighted by atomic mass is 32.2. The second kappa shape index (κ2) is 7.32. The molecule has 23 heavy (non-hydrogen) atoms. The molecule has 1 aromatic carbocycles. The number of carbonyl (C=O) groups is 1. The number of amides is 1. The van der Waals surface area contributed by atoms with Crippen molar-refractivity contribution >= 4 is 29.2 Å². The van der Waals surface area contributed by atoms with Gasteiger partial charge in [-0.2, -0.15) is 0 Å². The minimum atomic E-state index is -0.375. The average Bonchev–Trinajstić information content (AvgIpc) is 2.48. The fraction of sp³-hybridized carbons (Fsp3) is 0.312. The number of nitrogen functional groups attached to an aromatic ring is 1. The summed E-state index contributed by atoms with van der Waals surface area (Å²) >= 11 is 1.20. The number of aromatic amines is 1. The highest BCUT2D eigenvalue weighted by Crippen LogP contribution is 2.24. The maximum Gasteiger partial charge on any atom is 0.253 e. The van der Waals surface area contributed by atoms with Crippen molar-refractivity contribution < 1.29 is 4.79 Å². The molecule has 1 unspecified atom stereocenters. The van der Waals surface area contributed by atoms with Gasteiger partial charge in [-0.3, -0.25) is 9.59 Å². The van der Waals surface area contributed by atoms with E-state index >= 15 is 0 Å². The van der Waals surface area contributed by atoms with E-state index in [-0.39, 0.29) is 22.5 Å². The predicted octanol–water partition coefficient (Wildman–Crippen LogP) is 2.48. The molecule has 0 spiro atoms. The number of nitrogens with one attached hydrogen (secondary N) is 2. The Kier molecular flexibility index (Phi) is 5.44. The van der Waals surface area contributed by atoms with Gasteiger partial charge in [0.15, 0.2) is 5.16 Å². The SMILES string of the molecule is CCC(Sc1nc(N)cc(=O)[nH]1)C(=O)Nc1cccc(C)c1C. The molecular weight excluding hydrogens is 312 g/mol. The largest absolute Gasteiger partial charge is 0.383 e. The summed E-state index contributed by atoms with van der Waals surface area (Å²) < 4.78 is 0. The molecule has 6 nitrogen and oxygen atoms in total. The molecule has 0 aliphatic rings. The zero-order chi connectivity index (χ0) is 17.0. The van der Waals surface area contributed by atoms with E-state index in [0.717, 1.165) is 16.8 Å². The predicted molar refractivity (Wildman–Crippen MR) is 93.8 cm³/mol. The van der Waals surface area contributed by atoms with Crippen molar-refractivity contribution in [1.29, 1.82) is 0 Å². The number of hydrogen-bond acceptors (Lipinski definition) is 5. The lowest BCUT2D eigenvalue weighted by atomic mass is 10.1. The number of nitrogens with two attached hydrogens (primary N) is 1. The number of rotatable bonds is 5. The maximum atomic E-state index is 12.5. The molecule has 0 radical (unpaired) electrons. The van der Waals surface area contributed by atoms with Gasteiger partial charge < -0.3 is 16.0 Å². The number of anilines is 2. The van der Waals surface area contributed by atoms with E-state index in [9.17, 15) is 9.59 Å². The zero-order valence-corrected chi connectivity index (χ0v) is 14.2. The van der Waals surface area contributed by atoms with Gasteiger partial charge in [0.2, 0.25) is 5.91 Å². The molecule has 2 rings (SSSR count). The van der Waals surface area contributed by atoms with Crippen LogP contribution in [-0.4, -0.2) is 21.1 Å². The van der Waals surface area contributed by atoms with Gasteiger partial charge in [-0.1, -0.05) is 30.8 Å². The summed E-state index contributed by atoms with van der Waals surface area (Å²) in [6, 6.07) is 6.99. The average molecular weight is 332 g/mol. The van der Waals surface area contributed by atoms with Crippen LogP contribution in [0.15, 0.2) is 34.2 Å². The smallest absolute Gasteiger partial charge is 0.253 e. The van der Waals surface area contributed by atoms with Crippen molar-refractivity contribution in [2.24, 2.45) is 0 Å². The number of hydrogen-bond donors (Lipinski definition) is 3. The Morgan fingerprint density at radius 2 is 2.17 bits per heavy atom. The molecule has 0 aliphatic heterocycles. The lowest BCUT2D eigenvalue weighted by Crippen LogP contribution is -2.25. The summed E-state index contributed by atoms with van der Waals surface area (Å²) in [7, 11) is 0. The van der Waals surface area contributed by atoms with Gasteiger partial charge in [-0.05, 0) is 37.5 Å². The van der Waals surface area contributed by atoms with E-state index in [1.807, 2.05) is 39.0 Å². The first-order valence-corrected chi connectivity index (χ1v) is 8.19. The van der Waals surface area contributed by atoms with E-state index in [1.165, 1.54) is 17.8 Å². The van der Waals surface area contributed by atoms with E-state index in [4.69, 9.17) is 5.73 Å². The minimum Gasteiger partial charge on any atom is -0.383 e. The van der Waals surface area contributed by atoms with Crippen LogP contribution in [0.25, 0.3) is 0 Å². The van der Waals surface area contributed by atoms with Crippen LogP contribution in [0.1, 0.15) is 24.5 Å². The summed E-state index contributed by atoms with van der Waals surface area (Å²) in [4.78, 5) is 30.6. The third-order valence-electron chi connectivity index (χ3n) is 3.52. The summed E-state index contributed by atoms with van der Waals surface area (Å²) in [6.07, 6.45) is 0.597. The molecule has 0 bridgehead atoms. The Hall–Kier alpha value is -2.28.